The average Bonchev–Trinajstić information content (AvgIpc) is 3.33. The van der Waals surface area contributed by atoms with Crippen molar-refractivity contribution in [1.29, 1.82) is 0 Å². The molecule has 2 atom stereocenters. The molecule has 2 amide bonds. The number of nitrogens with zero attached hydrogens (tertiary/aromatic N) is 3. The van der Waals surface area contributed by atoms with Gasteiger partial charge in [-0.1, -0.05) is 37.3 Å². The number of nitrogens with two attached hydrogens (primary N) is 1. The summed E-state index contributed by atoms with van der Waals surface area (Å²) in [6.07, 6.45) is -1.38. The van der Waals surface area contributed by atoms with Crippen molar-refractivity contribution < 1.29 is 27.2 Å². The Hall–Kier alpha value is -4.54. The highest BCUT2D eigenvalue weighted by atomic mass is 19.4. The van der Waals surface area contributed by atoms with Crippen LogP contribution in [0.2, 0.25) is 0 Å². The molecule has 0 saturated carbocycles. The van der Waals surface area contributed by atoms with E-state index in [-0.39, 0.29) is 29.9 Å². The van der Waals surface area contributed by atoms with Crippen LogP contribution in [0.15, 0.2) is 66.9 Å². The third-order valence-electron chi connectivity index (χ3n) is 7.48. The van der Waals surface area contributed by atoms with E-state index in [0.717, 1.165) is 4.68 Å². The predicted octanol–water partition coefficient (Wildman–Crippen LogP) is 5.74. The lowest BCUT2D eigenvalue weighted by molar-refractivity contribution is -0.142. The van der Waals surface area contributed by atoms with E-state index < -0.39 is 42.1 Å². The summed E-state index contributed by atoms with van der Waals surface area (Å²) in [5.74, 6) is -1.82. The summed E-state index contributed by atoms with van der Waals surface area (Å²) < 4.78 is 56.6. The van der Waals surface area contributed by atoms with Crippen molar-refractivity contribution in [2.45, 2.75) is 57.3 Å². The molecule has 0 spiro atoms. The second-order valence-electron chi connectivity index (χ2n) is 10.5. The standard InChI is InChI=1S/C31H29F4N5O2/c1-18-6-2-11-24-28(18)40(39-29(24)31(33,34)35)17-26(41)38-25(15-19-7-3-10-22(32)14-19)27-23(12-5-13-37-27)20-8-4-9-21(16-20)30(36)42/h3-5,7-10,12-14,16,18,25H,2,6,11,15,17H2,1H3,(H2,36,42)(H,38,41)/t18?,25-/m0/s1. The SMILES string of the molecule is CC1CCCc2c(C(F)(F)F)nn(CC(=O)N[C@@H](Cc3cccc(F)c3)c3ncccc3-c3cccc(C(N)=O)c3)c21. The minimum absolute atomic E-state index is 0.143. The zero-order valence-electron chi connectivity index (χ0n) is 22.8. The molecule has 218 valence electrons. The van der Waals surface area contributed by atoms with Gasteiger partial charge in [-0.25, -0.2) is 4.39 Å². The normalized spacial score (nSPS) is 15.6. The largest absolute Gasteiger partial charge is 0.435 e. The monoisotopic (exact) mass is 579 g/mol. The third-order valence-corrected chi connectivity index (χ3v) is 7.48. The molecule has 2 aromatic carbocycles. The Morgan fingerprint density at radius 2 is 1.90 bits per heavy atom. The Balaban J connectivity index is 1.51. The zero-order chi connectivity index (χ0) is 30.0. The van der Waals surface area contributed by atoms with E-state index in [1.807, 2.05) is 6.92 Å². The van der Waals surface area contributed by atoms with Gasteiger partial charge in [0.1, 0.15) is 12.4 Å². The maximum absolute atomic E-state index is 14.1. The van der Waals surface area contributed by atoms with Crippen LogP contribution in [-0.2, 0) is 30.4 Å². The minimum Gasteiger partial charge on any atom is -0.366 e. The highest BCUT2D eigenvalue weighted by Crippen LogP contribution is 2.40. The number of fused-ring (bicyclic) bond motifs is 1. The Bertz CT molecular complexity index is 1630. The number of amides is 2. The Labute approximate surface area is 239 Å². The topological polar surface area (TPSA) is 103 Å². The van der Waals surface area contributed by atoms with Gasteiger partial charge < -0.3 is 11.1 Å². The first kappa shape index (κ1) is 29.0. The van der Waals surface area contributed by atoms with Crippen molar-refractivity contribution in [3.63, 3.8) is 0 Å². The summed E-state index contributed by atoms with van der Waals surface area (Å²) in [7, 11) is 0. The molecule has 3 N–H and O–H groups in total. The van der Waals surface area contributed by atoms with Crippen molar-refractivity contribution in [3.05, 3.63) is 106 Å². The lowest BCUT2D eigenvalue weighted by atomic mass is 9.87. The smallest absolute Gasteiger partial charge is 0.366 e. The molecule has 4 aromatic rings. The van der Waals surface area contributed by atoms with Crippen LogP contribution in [0.1, 0.15) is 70.3 Å². The van der Waals surface area contributed by atoms with Crippen LogP contribution in [-0.4, -0.2) is 26.6 Å². The summed E-state index contributed by atoms with van der Waals surface area (Å²) in [6.45, 7) is 1.41. The van der Waals surface area contributed by atoms with Crippen molar-refractivity contribution in [1.82, 2.24) is 20.1 Å². The van der Waals surface area contributed by atoms with Gasteiger partial charge in [-0.3, -0.25) is 19.3 Å². The number of hydrogen-bond acceptors (Lipinski definition) is 4. The van der Waals surface area contributed by atoms with Gasteiger partial charge in [-0.05, 0) is 73.1 Å². The van der Waals surface area contributed by atoms with Gasteiger partial charge in [0.25, 0.3) is 0 Å². The van der Waals surface area contributed by atoms with Crippen molar-refractivity contribution in [2.24, 2.45) is 5.73 Å². The van der Waals surface area contributed by atoms with Crippen molar-refractivity contribution in [3.8, 4) is 11.1 Å². The first-order valence-corrected chi connectivity index (χ1v) is 13.6. The maximum atomic E-state index is 14.1. The lowest BCUT2D eigenvalue weighted by Gasteiger charge is -2.23. The molecule has 2 heterocycles. The molecular formula is C31H29F4N5O2. The molecular weight excluding hydrogens is 550 g/mol. The molecule has 7 nitrogen and oxygen atoms in total. The molecule has 0 fully saturated rings. The Morgan fingerprint density at radius 1 is 1.12 bits per heavy atom. The van der Waals surface area contributed by atoms with Crippen LogP contribution in [0.3, 0.4) is 0 Å². The van der Waals surface area contributed by atoms with Gasteiger partial charge in [0, 0.05) is 28.6 Å². The van der Waals surface area contributed by atoms with Crippen molar-refractivity contribution >= 4 is 11.8 Å². The third kappa shape index (κ3) is 6.19. The molecule has 0 saturated heterocycles. The van der Waals surface area contributed by atoms with Crippen LogP contribution >= 0.6 is 0 Å². The Kier molecular flexibility index (Phi) is 8.11. The number of pyridine rings is 1. The van der Waals surface area contributed by atoms with Gasteiger partial charge in [0.2, 0.25) is 11.8 Å². The fourth-order valence-electron chi connectivity index (χ4n) is 5.65. The van der Waals surface area contributed by atoms with Gasteiger partial charge in [0.05, 0.1) is 11.7 Å². The number of halogens is 4. The van der Waals surface area contributed by atoms with E-state index >= 15 is 0 Å². The minimum atomic E-state index is -4.63. The predicted molar refractivity (Wildman–Crippen MR) is 148 cm³/mol. The van der Waals surface area contributed by atoms with E-state index in [4.69, 9.17) is 5.73 Å². The second kappa shape index (κ2) is 11.8. The van der Waals surface area contributed by atoms with Gasteiger partial charge in [0.15, 0.2) is 5.69 Å². The molecule has 1 unspecified atom stereocenters. The Morgan fingerprint density at radius 3 is 2.64 bits per heavy atom. The van der Waals surface area contributed by atoms with Crippen LogP contribution in [0, 0.1) is 5.82 Å². The molecule has 5 rings (SSSR count). The molecule has 1 aliphatic carbocycles. The molecule has 1 aliphatic rings. The van der Waals surface area contributed by atoms with Crippen LogP contribution in [0.4, 0.5) is 17.6 Å². The number of alkyl halides is 3. The first-order chi connectivity index (χ1) is 20.0. The second-order valence-corrected chi connectivity index (χ2v) is 10.5. The van der Waals surface area contributed by atoms with Gasteiger partial charge in [-0.15, -0.1) is 0 Å². The first-order valence-electron chi connectivity index (χ1n) is 13.6. The van der Waals surface area contributed by atoms with E-state index in [0.29, 0.717) is 40.9 Å². The number of aromatic nitrogens is 3. The molecule has 11 heteroatoms. The molecule has 42 heavy (non-hydrogen) atoms. The summed E-state index contributed by atoms with van der Waals surface area (Å²) in [6, 6.07) is 15.2. The van der Waals surface area contributed by atoms with Crippen molar-refractivity contribution in [2.75, 3.05) is 0 Å². The van der Waals surface area contributed by atoms with Gasteiger partial charge >= 0.3 is 6.18 Å². The van der Waals surface area contributed by atoms with E-state index in [9.17, 15) is 27.2 Å². The lowest BCUT2D eigenvalue weighted by Crippen LogP contribution is -2.34. The van der Waals surface area contributed by atoms with Crippen LogP contribution in [0.25, 0.3) is 11.1 Å². The fraction of sp³-hybridized carbons (Fsp3) is 0.290. The van der Waals surface area contributed by atoms with Gasteiger partial charge in [-0.2, -0.15) is 18.3 Å². The molecule has 2 aromatic heterocycles. The number of rotatable bonds is 8. The number of primary amides is 1. The summed E-state index contributed by atoms with van der Waals surface area (Å²) in [5.41, 5.74) is 7.61. The van der Waals surface area contributed by atoms with Crippen LogP contribution < -0.4 is 11.1 Å². The highest BCUT2D eigenvalue weighted by molar-refractivity contribution is 5.94. The summed E-state index contributed by atoms with van der Waals surface area (Å²) in [4.78, 5) is 29.8. The molecule has 0 radical (unpaired) electrons. The van der Waals surface area contributed by atoms with E-state index in [1.165, 1.54) is 12.1 Å². The molecule has 0 bridgehead atoms. The number of carbonyl (C=O) groups is 2. The zero-order valence-corrected chi connectivity index (χ0v) is 22.8. The number of nitrogens with one attached hydrogen (secondary N) is 1. The molecule has 0 aliphatic heterocycles. The van der Waals surface area contributed by atoms with E-state index in [1.54, 1.807) is 54.7 Å². The quantitative estimate of drug-likeness (QED) is 0.260. The summed E-state index contributed by atoms with van der Waals surface area (Å²) >= 11 is 0. The van der Waals surface area contributed by atoms with E-state index in [2.05, 4.69) is 15.4 Å². The highest BCUT2D eigenvalue weighted by Gasteiger charge is 2.41. The summed E-state index contributed by atoms with van der Waals surface area (Å²) in [5, 5.41) is 6.75. The fourth-order valence-corrected chi connectivity index (χ4v) is 5.65. The average molecular weight is 580 g/mol. The number of benzene rings is 2. The number of carbonyl (C=O) groups excluding carboxylic acids is 2. The van der Waals surface area contributed by atoms with Crippen LogP contribution in [0.5, 0.6) is 0 Å². The maximum Gasteiger partial charge on any atom is 0.435 e. The number of hydrogen-bond donors (Lipinski definition) is 2.